The third-order valence-corrected chi connectivity index (χ3v) is 6.94. The monoisotopic (exact) mass is 643 g/mol. The van der Waals surface area contributed by atoms with Gasteiger partial charge in [-0.25, -0.2) is 14.8 Å². The molecule has 250 valence electrons. The Balaban J connectivity index is 0.000000353. The zero-order chi connectivity index (χ0) is 35.8. The molecule has 0 amide bonds. The quantitative estimate of drug-likeness (QED) is 0.163. The molecule has 47 heavy (non-hydrogen) atoms. The van der Waals surface area contributed by atoms with E-state index in [1.165, 1.54) is 11.6 Å². The van der Waals surface area contributed by atoms with Crippen LogP contribution in [0.3, 0.4) is 0 Å². The molecular formula is C32H45N13O2. The molecule has 15 nitrogen and oxygen atoms in total. The van der Waals surface area contributed by atoms with Crippen molar-refractivity contribution >= 4 is 34.4 Å². The maximum Gasteiger partial charge on any atom is 0.281 e. The van der Waals surface area contributed by atoms with Gasteiger partial charge < -0.3 is 15.7 Å². The minimum Gasteiger partial charge on any atom is -0.494 e. The van der Waals surface area contributed by atoms with Crippen LogP contribution in [0.2, 0.25) is 0 Å². The van der Waals surface area contributed by atoms with Crippen molar-refractivity contribution in [3.8, 4) is 11.9 Å². The summed E-state index contributed by atoms with van der Waals surface area (Å²) in [6, 6.07) is 2.14. The number of anilines is 2. The Hall–Kier alpha value is -5.57. The number of hydrogen-bond donors (Lipinski definition) is 3. The van der Waals surface area contributed by atoms with Gasteiger partial charge in [0.15, 0.2) is 17.4 Å². The number of rotatable bonds is 8. The Morgan fingerprint density at radius 2 is 1.30 bits per heavy atom. The van der Waals surface area contributed by atoms with Gasteiger partial charge in [-0.1, -0.05) is 0 Å². The van der Waals surface area contributed by atoms with E-state index in [1.54, 1.807) is 34.9 Å². The number of aromatic hydroxyl groups is 1. The molecule has 0 saturated carbocycles. The van der Waals surface area contributed by atoms with Crippen molar-refractivity contribution in [2.75, 3.05) is 44.9 Å². The Labute approximate surface area is 276 Å². The van der Waals surface area contributed by atoms with Crippen molar-refractivity contribution in [1.82, 2.24) is 14.5 Å². The number of nitriles is 1. The van der Waals surface area contributed by atoms with E-state index in [-0.39, 0.29) is 11.4 Å². The fourth-order valence-electron chi connectivity index (χ4n) is 4.47. The van der Waals surface area contributed by atoms with Crippen molar-refractivity contribution in [2.24, 2.45) is 30.7 Å². The minimum atomic E-state index is -0.302. The molecule has 0 aliphatic carbocycles. The number of pyridine rings is 3. The van der Waals surface area contributed by atoms with Crippen molar-refractivity contribution in [2.45, 2.75) is 68.9 Å². The van der Waals surface area contributed by atoms with E-state index in [1.807, 2.05) is 41.5 Å². The second kappa shape index (κ2) is 19.1. The largest absolute Gasteiger partial charge is 0.494 e. The van der Waals surface area contributed by atoms with Gasteiger partial charge in [0.1, 0.15) is 17.6 Å². The topological polar surface area (TPSA) is 194 Å². The Bertz CT molecular complexity index is 1790. The van der Waals surface area contributed by atoms with Gasteiger partial charge in [0.05, 0.1) is 29.2 Å². The first-order valence-electron chi connectivity index (χ1n) is 14.9. The zero-order valence-electron chi connectivity index (χ0n) is 29.4. The highest BCUT2D eigenvalue weighted by Crippen LogP contribution is 2.36. The molecule has 3 N–H and O–H groups in total. The van der Waals surface area contributed by atoms with Gasteiger partial charge in [-0.3, -0.25) is 9.36 Å². The molecule has 3 aromatic heterocycles. The summed E-state index contributed by atoms with van der Waals surface area (Å²) < 4.78 is 1.28. The van der Waals surface area contributed by atoms with Gasteiger partial charge in [0.2, 0.25) is 5.69 Å². The van der Waals surface area contributed by atoms with E-state index in [0.29, 0.717) is 63.3 Å². The van der Waals surface area contributed by atoms with Crippen LogP contribution in [0.1, 0.15) is 60.0 Å². The third-order valence-electron chi connectivity index (χ3n) is 6.94. The lowest BCUT2D eigenvalue weighted by Crippen LogP contribution is -2.20. The zero-order valence-corrected chi connectivity index (χ0v) is 29.4. The predicted octanol–water partition coefficient (Wildman–Crippen LogP) is 8.01. The summed E-state index contributed by atoms with van der Waals surface area (Å²) >= 11 is 0. The molecule has 0 atom stereocenters. The first-order chi connectivity index (χ1) is 22.3. The van der Waals surface area contributed by atoms with Gasteiger partial charge in [0.25, 0.3) is 5.56 Å². The molecule has 3 heterocycles. The second-order valence-corrected chi connectivity index (χ2v) is 9.92. The third kappa shape index (κ3) is 9.46. The van der Waals surface area contributed by atoms with Crippen LogP contribution in [0.25, 0.3) is 4.85 Å². The fraction of sp³-hybridized carbons (Fsp3) is 0.469. The maximum absolute atomic E-state index is 11.8. The summed E-state index contributed by atoms with van der Waals surface area (Å²) in [7, 11) is 4.72. The Morgan fingerprint density at radius 1 is 0.787 bits per heavy atom. The molecule has 0 spiro atoms. The maximum atomic E-state index is 11.8. The van der Waals surface area contributed by atoms with E-state index < -0.39 is 0 Å². The van der Waals surface area contributed by atoms with Crippen molar-refractivity contribution < 1.29 is 5.11 Å². The highest BCUT2D eigenvalue weighted by atomic mass is 16.3. The lowest BCUT2D eigenvalue weighted by molar-refractivity contribution is 0.406. The van der Waals surface area contributed by atoms with E-state index in [9.17, 15) is 9.90 Å². The molecule has 3 rings (SSSR count). The van der Waals surface area contributed by atoms with E-state index in [2.05, 4.69) is 62.2 Å². The molecule has 15 heteroatoms. The Morgan fingerprint density at radius 3 is 1.79 bits per heavy atom. The van der Waals surface area contributed by atoms with Crippen molar-refractivity contribution in [3.05, 3.63) is 61.0 Å². The second-order valence-electron chi connectivity index (χ2n) is 9.92. The molecule has 0 radical (unpaired) electrons. The molecular weight excluding hydrogens is 598 g/mol. The average molecular weight is 644 g/mol. The standard InChI is InChI=1S/2C11H15N5.C10H15N3O2/c1-6-14-11-10(12-4)7(2)9(16-13-5)8(3)15-11;1-5-14-11-10(16-13-4)7(2)9(6-12)8(3)15-11;1-5-13-9(14)7(3)6(2)8(10(13)15)12-11-4/h6H2,1-3,5H3,(H,14,15);5H2,1-4H3,(H,14,15);14H,5H2,1-4H3. The van der Waals surface area contributed by atoms with Crippen molar-refractivity contribution in [3.63, 3.8) is 0 Å². The molecule has 0 aromatic carbocycles. The number of nitrogens with zero attached hydrogens (tertiary/aromatic N) is 11. The first kappa shape index (κ1) is 39.5. The fourth-order valence-corrected chi connectivity index (χ4v) is 4.47. The number of nitrogens with one attached hydrogen (secondary N) is 2. The van der Waals surface area contributed by atoms with Gasteiger partial charge in [-0.2, -0.15) is 35.9 Å². The molecule has 0 fully saturated rings. The van der Waals surface area contributed by atoms with Crippen LogP contribution in [0.5, 0.6) is 5.88 Å². The summed E-state index contributed by atoms with van der Waals surface area (Å²) in [5.41, 5.74) is 6.91. The SMILES string of the molecule is CCNc1nc(C)c(C#N)c(C)c1N=NC.CCn1c(O)c(C)c(C)c(N=NC)c1=O.[C-]#[N+]c1c(NCC)nc(C)c(N=NC)c1C. The predicted molar refractivity (Wildman–Crippen MR) is 186 cm³/mol. The number of aryl methyl sites for hydroxylation is 2. The van der Waals surface area contributed by atoms with Gasteiger partial charge in [-0.15, -0.1) is 0 Å². The molecule has 0 unspecified atom stereocenters. The average Bonchev–Trinajstić information content (AvgIpc) is 3.04. The minimum absolute atomic E-state index is 0.00931. The highest BCUT2D eigenvalue weighted by Gasteiger charge is 2.16. The van der Waals surface area contributed by atoms with Gasteiger partial charge in [0, 0.05) is 46.3 Å². The molecule has 3 aromatic rings. The molecule has 0 saturated heterocycles. The lowest BCUT2D eigenvalue weighted by atomic mass is 10.1. The smallest absolute Gasteiger partial charge is 0.281 e. The van der Waals surface area contributed by atoms with Crippen LogP contribution in [-0.4, -0.2) is 53.9 Å². The van der Waals surface area contributed by atoms with Gasteiger partial charge in [-0.05, 0) is 79.0 Å². The lowest BCUT2D eigenvalue weighted by Gasteiger charge is -2.11. The van der Waals surface area contributed by atoms with Crippen LogP contribution >= 0.6 is 0 Å². The van der Waals surface area contributed by atoms with Gasteiger partial charge >= 0.3 is 0 Å². The number of aromatic nitrogens is 3. The van der Waals surface area contributed by atoms with Crippen LogP contribution < -0.4 is 16.2 Å². The highest BCUT2D eigenvalue weighted by molar-refractivity contribution is 5.76. The summed E-state index contributed by atoms with van der Waals surface area (Å²) in [6.45, 7) is 25.8. The van der Waals surface area contributed by atoms with Crippen LogP contribution in [0.15, 0.2) is 35.5 Å². The summed E-state index contributed by atoms with van der Waals surface area (Å²) in [6.07, 6.45) is 0. The number of azo groups is 3. The van der Waals surface area contributed by atoms with Crippen LogP contribution in [0.4, 0.5) is 34.4 Å². The summed E-state index contributed by atoms with van der Waals surface area (Å²) in [5.74, 6) is 1.32. The summed E-state index contributed by atoms with van der Waals surface area (Å²) in [5, 5.41) is 47.9. The molecule has 0 aliphatic rings. The van der Waals surface area contributed by atoms with E-state index in [0.717, 1.165) is 29.9 Å². The van der Waals surface area contributed by atoms with Crippen molar-refractivity contribution in [1.29, 1.82) is 5.26 Å². The first-order valence-corrected chi connectivity index (χ1v) is 14.9. The molecule has 0 aliphatic heterocycles. The Kier molecular flexibility index (Phi) is 16.0. The summed E-state index contributed by atoms with van der Waals surface area (Å²) in [4.78, 5) is 24.0. The van der Waals surface area contributed by atoms with Crippen LogP contribution in [0, 0.1) is 59.4 Å². The van der Waals surface area contributed by atoms with Crippen LogP contribution in [-0.2, 0) is 6.54 Å². The van der Waals surface area contributed by atoms with E-state index in [4.69, 9.17) is 11.8 Å². The number of hydrogen-bond acceptors (Lipinski definition) is 13. The molecule has 0 bridgehead atoms. The van der Waals surface area contributed by atoms with E-state index >= 15 is 0 Å². The normalized spacial score (nSPS) is 10.7.